The van der Waals surface area contributed by atoms with Gasteiger partial charge < -0.3 is 5.32 Å². The summed E-state index contributed by atoms with van der Waals surface area (Å²) >= 11 is 0. The van der Waals surface area contributed by atoms with Crippen LogP contribution in [0.15, 0.2) is 0 Å². The molecule has 1 rings (SSSR count). The van der Waals surface area contributed by atoms with Crippen molar-refractivity contribution in [1.82, 2.24) is 5.32 Å². The Labute approximate surface area is 87.2 Å². The Balaban J connectivity index is 2.16. The highest BCUT2D eigenvalue weighted by atomic mass is 32.2. The van der Waals surface area contributed by atoms with Gasteiger partial charge in [-0.3, -0.25) is 0 Å². The fourth-order valence-corrected chi connectivity index (χ4v) is 2.71. The number of hydrogen-bond acceptors (Lipinski definition) is 3. The molecule has 3 nitrogen and oxygen atoms in total. The van der Waals surface area contributed by atoms with Crippen LogP contribution in [0.4, 0.5) is 0 Å². The Morgan fingerprint density at radius 3 is 2.79 bits per heavy atom. The second kappa shape index (κ2) is 5.71. The lowest BCUT2D eigenvalue weighted by Gasteiger charge is -2.12. The molecule has 1 unspecified atom stereocenters. The standard InChI is InChI=1S/C10H21NO2S/c1-14(12,13)9-3-5-10-4-2-7-11-8-6-10/h10-11H,2-9H2,1H3. The average Bonchev–Trinajstić information content (AvgIpc) is 2.30. The van der Waals surface area contributed by atoms with Gasteiger partial charge in [-0.05, 0) is 51.1 Å². The van der Waals surface area contributed by atoms with Crippen LogP contribution in [0.3, 0.4) is 0 Å². The molecule has 0 aromatic heterocycles. The molecule has 1 N–H and O–H groups in total. The van der Waals surface area contributed by atoms with Crippen LogP contribution in [0, 0.1) is 5.92 Å². The summed E-state index contributed by atoms with van der Waals surface area (Å²) in [4.78, 5) is 0. The Hall–Kier alpha value is -0.0900. The number of hydrogen-bond donors (Lipinski definition) is 1. The van der Waals surface area contributed by atoms with E-state index in [2.05, 4.69) is 5.32 Å². The summed E-state index contributed by atoms with van der Waals surface area (Å²) in [6.45, 7) is 2.23. The van der Waals surface area contributed by atoms with E-state index in [4.69, 9.17) is 0 Å². The zero-order valence-corrected chi connectivity index (χ0v) is 9.78. The van der Waals surface area contributed by atoms with Crippen LogP contribution in [0.5, 0.6) is 0 Å². The quantitative estimate of drug-likeness (QED) is 0.773. The molecule has 1 aliphatic heterocycles. The summed E-state index contributed by atoms with van der Waals surface area (Å²) in [7, 11) is -2.75. The smallest absolute Gasteiger partial charge is 0.147 e. The summed E-state index contributed by atoms with van der Waals surface area (Å²) in [5.41, 5.74) is 0. The molecule has 1 aliphatic rings. The van der Waals surface area contributed by atoms with E-state index in [1.54, 1.807) is 0 Å². The summed E-state index contributed by atoms with van der Waals surface area (Å²) in [5.74, 6) is 1.10. The van der Waals surface area contributed by atoms with Crippen molar-refractivity contribution >= 4 is 9.84 Å². The van der Waals surface area contributed by atoms with E-state index in [1.165, 1.54) is 25.5 Å². The number of nitrogens with one attached hydrogen (secondary N) is 1. The largest absolute Gasteiger partial charge is 0.317 e. The van der Waals surface area contributed by atoms with Crippen LogP contribution in [-0.2, 0) is 9.84 Å². The molecule has 0 aromatic carbocycles. The molecule has 0 saturated carbocycles. The molecule has 0 spiro atoms. The van der Waals surface area contributed by atoms with Crippen LogP contribution in [0.1, 0.15) is 32.1 Å². The first-order valence-electron chi connectivity index (χ1n) is 5.46. The summed E-state index contributed by atoms with van der Waals surface area (Å²) < 4.78 is 21.9. The summed E-state index contributed by atoms with van der Waals surface area (Å²) in [6, 6.07) is 0. The third-order valence-corrected chi connectivity index (χ3v) is 3.85. The molecule has 84 valence electrons. The molecule has 0 amide bonds. The van der Waals surface area contributed by atoms with E-state index in [-0.39, 0.29) is 0 Å². The van der Waals surface area contributed by atoms with Gasteiger partial charge in [-0.25, -0.2) is 8.42 Å². The lowest BCUT2D eigenvalue weighted by molar-refractivity contribution is 0.433. The molecule has 0 aromatic rings. The van der Waals surface area contributed by atoms with Crippen molar-refractivity contribution < 1.29 is 8.42 Å². The van der Waals surface area contributed by atoms with E-state index in [9.17, 15) is 8.42 Å². The Bertz CT molecular complexity index is 241. The first kappa shape index (κ1) is 12.0. The molecule has 4 heteroatoms. The van der Waals surface area contributed by atoms with Gasteiger partial charge in [0.1, 0.15) is 9.84 Å². The maximum atomic E-state index is 10.9. The normalized spacial score (nSPS) is 24.5. The molecule has 0 radical (unpaired) electrons. The van der Waals surface area contributed by atoms with Gasteiger partial charge in [0.05, 0.1) is 0 Å². The van der Waals surface area contributed by atoms with Gasteiger partial charge in [0.15, 0.2) is 0 Å². The van der Waals surface area contributed by atoms with E-state index in [0.29, 0.717) is 5.75 Å². The lowest BCUT2D eigenvalue weighted by atomic mass is 9.96. The van der Waals surface area contributed by atoms with Gasteiger partial charge in [0.2, 0.25) is 0 Å². The number of sulfone groups is 1. The molecule has 14 heavy (non-hydrogen) atoms. The monoisotopic (exact) mass is 219 g/mol. The molecule has 1 heterocycles. The Morgan fingerprint density at radius 2 is 2.07 bits per heavy atom. The Kier molecular flexibility index (Phi) is 4.89. The van der Waals surface area contributed by atoms with Crippen LogP contribution in [0.2, 0.25) is 0 Å². The SMILES string of the molecule is CS(=O)(=O)CCCC1CCCNCC1. The highest BCUT2D eigenvalue weighted by Gasteiger charge is 2.12. The number of rotatable bonds is 4. The van der Waals surface area contributed by atoms with E-state index in [0.717, 1.165) is 31.8 Å². The van der Waals surface area contributed by atoms with Crippen molar-refractivity contribution in [2.45, 2.75) is 32.1 Å². The first-order valence-corrected chi connectivity index (χ1v) is 7.52. The summed E-state index contributed by atoms with van der Waals surface area (Å²) in [5, 5.41) is 3.37. The van der Waals surface area contributed by atoms with Crippen LogP contribution >= 0.6 is 0 Å². The second-order valence-corrected chi connectivity index (χ2v) is 6.58. The van der Waals surface area contributed by atoms with Crippen molar-refractivity contribution in [3.63, 3.8) is 0 Å². The maximum Gasteiger partial charge on any atom is 0.147 e. The van der Waals surface area contributed by atoms with Gasteiger partial charge >= 0.3 is 0 Å². The highest BCUT2D eigenvalue weighted by molar-refractivity contribution is 7.90. The van der Waals surface area contributed by atoms with E-state index < -0.39 is 9.84 Å². The van der Waals surface area contributed by atoms with Crippen LogP contribution in [-0.4, -0.2) is 33.5 Å². The first-order chi connectivity index (χ1) is 6.58. The predicted octanol–water partition coefficient (Wildman–Crippen LogP) is 1.20. The second-order valence-electron chi connectivity index (χ2n) is 4.32. The highest BCUT2D eigenvalue weighted by Crippen LogP contribution is 2.19. The molecular formula is C10H21NO2S. The minimum absolute atomic E-state index is 0.358. The predicted molar refractivity (Wildman–Crippen MR) is 59.2 cm³/mol. The third kappa shape index (κ3) is 5.60. The van der Waals surface area contributed by atoms with E-state index in [1.807, 2.05) is 0 Å². The van der Waals surface area contributed by atoms with Gasteiger partial charge in [0.25, 0.3) is 0 Å². The third-order valence-electron chi connectivity index (χ3n) is 2.82. The van der Waals surface area contributed by atoms with Gasteiger partial charge in [-0.1, -0.05) is 0 Å². The minimum atomic E-state index is -2.75. The fraction of sp³-hybridized carbons (Fsp3) is 1.00. The fourth-order valence-electron chi connectivity index (χ4n) is 2.01. The molecule has 0 bridgehead atoms. The summed E-state index contributed by atoms with van der Waals surface area (Å²) in [6.07, 6.45) is 6.95. The van der Waals surface area contributed by atoms with Gasteiger partial charge in [-0.2, -0.15) is 0 Å². The average molecular weight is 219 g/mol. The van der Waals surface area contributed by atoms with Gasteiger partial charge in [-0.15, -0.1) is 0 Å². The molecule has 1 atom stereocenters. The molecule has 1 saturated heterocycles. The maximum absolute atomic E-state index is 10.9. The minimum Gasteiger partial charge on any atom is -0.317 e. The van der Waals surface area contributed by atoms with Crippen molar-refractivity contribution in [2.75, 3.05) is 25.1 Å². The van der Waals surface area contributed by atoms with E-state index >= 15 is 0 Å². The molecule has 0 aliphatic carbocycles. The lowest BCUT2D eigenvalue weighted by Crippen LogP contribution is -2.14. The van der Waals surface area contributed by atoms with Crippen molar-refractivity contribution in [1.29, 1.82) is 0 Å². The van der Waals surface area contributed by atoms with Gasteiger partial charge in [0, 0.05) is 12.0 Å². The van der Waals surface area contributed by atoms with Crippen molar-refractivity contribution in [3.8, 4) is 0 Å². The van der Waals surface area contributed by atoms with Crippen LogP contribution < -0.4 is 5.32 Å². The topological polar surface area (TPSA) is 46.2 Å². The van der Waals surface area contributed by atoms with Crippen molar-refractivity contribution in [2.24, 2.45) is 5.92 Å². The van der Waals surface area contributed by atoms with Crippen LogP contribution in [0.25, 0.3) is 0 Å². The molecular weight excluding hydrogens is 198 g/mol. The molecule has 1 fully saturated rings. The zero-order valence-electron chi connectivity index (χ0n) is 8.96. The zero-order chi connectivity index (χ0) is 10.4. The van der Waals surface area contributed by atoms with Crippen molar-refractivity contribution in [3.05, 3.63) is 0 Å². The Morgan fingerprint density at radius 1 is 1.29 bits per heavy atom.